The highest BCUT2D eigenvalue weighted by Crippen LogP contribution is 2.20. The maximum Gasteiger partial charge on any atom is 0.251 e. The Balaban J connectivity index is 1.99. The summed E-state index contributed by atoms with van der Waals surface area (Å²) in [6, 6.07) is 5.34. The third kappa shape index (κ3) is 3.28. The highest BCUT2D eigenvalue weighted by atomic mass is 79.9. The van der Waals surface area contributed by atoms with E-state index in [1.165, 1.54) is 0 Å². The maximum atomic E-state index is 11.9. The van der Waals surface area contributed by atoms with Gasteiger partial charge in [0.15, 0.2) is 0 Å². The highest BCUT2D eigenvalue weighted by molar-refractivity contribution is 9.11. The average Bonchev–Trinajstić information content (AvgIpc) is 2.22. The summed E-state index contributed by atoms with van der Waals surface area (Å²) in [6.45, 7) is 1.31. The largest absolute Gasteiger partial charge is 0.385 e. The number of hydrogen-bond acceptors (Lipinski definition) is 3. The fourth-order valence-corrected chi connectivity index (χ4v) is 2.86. The molecule has 1 amide bonds. The fraction of sp³-hybridized carbons (Fsp3) is 0.364. The minimum absolute atomic E-state index is 0.188. The molecule has 2 rings (SSSR count). The topological polar surface area (TPSA) is 61.4 Å². The Kier molecular flexibility index (Phi) is 3.87. The number of nitrogens with one attached hydrogen (secondary N) is 2. The van der Waals surface area contributed by atoms with Gasteiger partial charge >= 0.3 is 0 Å². The third-order valence-corrected chi connectivity index (χ3v) is 3.53. The SMILES string of the molecule is O=C(NCC1(O)CNC1)c1cc(Br)cc(Br)c1. The van der Waals surface area contributed by atoms with Gasteiger partial charge in [0.25, 0.3) is 5.91 Å². The molecule has 0 spiro atoms. The molecule has 17 heavy (non-hydrogen) atoms. The first-order valence-electron chi connectivity index (χ1n) is 5.16. The molecule has 1 fully saturated rings. The lowest BCUT2D eigenvalue weighted by Crippen LogP contribution is -2.64. The molecule has 0 aliphatic carbocycles. The summed E-state index contributed by atoms with van der Waals surface area (Å²) in [6.07, 6.45) is 0. The Morgan fingerprint density at radius 2 is 1.94 bits per heavy atom. The first-order valence-corrected chi connectivity index (χ1v) is 6.75. The normalized spacial score (nSPS) is 17.4. The Bertz CT molecular complexity index is 427. The zero-order valence-electron chi connectivity index (χ0n) is 8.96. The standard InChI is InChI=1S/C11H12Br2N2O2/c12-8-1-7(2-9(13)3-8)10(16)15-6-11(17)4-14-5-11/h1-3,14,17H,4-6H2,(H,15,16). The first-order chi connectivity index (χ1) is 7.98. The van der Waals surface area contributed by atoms with E-state index in [1.807, 2.05) is 6.07 Å². The fourth-order valence-electron chi connectivity index (χ4n) is 1.57. The van der Waals surface area contributed by atoms with Crippen molar-refractivity contribution in [1.29, 1.82) is 0 Å². The zero-order chi connectivity index (χ0) is 12.5. The summed E-state index contributed by atoms with van der Waals surface area (Å²) in [5, 5.41) is 15.5. The molecule has 0 atom stereocenters. The van der Waals surface area contributed by atoms with Gasteiger partial charge in [0.1, 0.15) is 5.60 Å². The molecule has 3 N–H and O–H groups in total. The highest BCUT2D eigenvalue weighted by Gasteiger charge is 2.34. The van der Waals surface area contributed by atoms with Crippen molar-refractivity contribution in [2.75, 3.05) is 19.6 Å². The van der Waals surface area contributed by atoms with E-state index in [9.17, 15) is 9.90 Å². The van der Waals surface area contributed by atoms with Crippen LogP contribution in [0.25, 0.3) is 0 Å². The van der Waals surface area contributed by atoms with E-state index < -0.39 is 5.60 Å². The number of β-amino-alcohol motifs (C(OH)–C–C–N with tert-alkyl or cyclic N) is 1. The number of benzene rings is 1. The number of amides is 1. The predicted molar refractivity (Wildman–Crippen MR) is 72.0 cm³/mol. The molecule has 1 aromatic rings. The van der Waals surface area contributed by atoms with Crippen molar-refractivity contribution < 1.29 is 9.90 Å². The van der Waals surface area contributed by atoms with Crippen molar-refractivity contribution in [3.8, 4) is 0 Å². The van der Waals surface area contributed by atoms with Gasteiger partial charge in [-0.15, -0.1) is 0 Å². The molecule has 4 nitrogen and oxygen atoms in total. The van der Waals surface area contributed by atoms with Crippen LogP contribution in [-0.4, -0.2) is 36.2 Å². The minimum atomic E-state index is -0.793. The lowest BCUT2D eigenvalue weighted by atomic mass is 9.97. The molecule has 0 aromatic heterocycles. The van der Waals surface area contributed by atoms with Gasteiger partial charge in [-0.3, -0.25) is 4.79 Å². The van der Waals surface area contributed by atoms with Gasteiger partial charge in [-0.05, 0) is 18.2 Å². The number of hydrogen-bond donors (Lipinski definition) is 3. The van der Waals surface area contributed by atoms with Crippen molar-refractivity contribution in [2.24, 2.45) is 0 Å². The number of halogens is 2. The lowest BCUT2D eigenvalue weighted by Gasteiger charge is -2.37. The van der Waals surface area contributed by atoms with Crippen LogP contribution in [0.4, 0.5) is 0 Å². The Labute approximate surface area is 116 Å². The van der Waals surface area contributed by atoms with Gasteiger partial charge in [-0.1, -0.05) is 31.9 Å². The van der Waals surface area contributed by atoms with E-state index in [1.54, 1.807) is 12.1 Å². The predicted octanol–water partition coefficient (Wildman–Crippen LogP) is 1.28. The van der Waals surface area contributed by atoms with E-state index in [2.05, 4.69) is 42.5 Å². The summed E-state index contributed by atoms with van der Waals surface area (Å²) in [4.78, 5) is 11.9. The monoisotopic (exact) mass is 362 g/mol. The average molecular weight is 364 g/mol. The molecule has 0 saturated carbocycles. The molecule has 0 bridgehead atoms. The number of carbonyl (C=O) groups excluding carboxylic acids is 1. The molecule has 6 heteroatoms. The second-order valence-electron chi connectivity index (χ2n) is 4.17. The number of aliphatic hydroxyl groups is 1. The summed E-state index contributed by atoms with van der Waals surface area (Å²) in [5.41, 5.74) is -0.235. The van der Waals surface area contributed by atoms with Gasteiger partial charge in [-0.2, -0.15) is 0 Å². The molecule has 1 aliphatic heterocycles. The number of rotatable bonds is 3. The Morgan fingerprint density at radius 1 is 1.35 bits per heavy atom. The van der Waals surface area contributed by atoms with Crippen LogP contribution < -0.4 is 10.6 Å². The molecule has 92 valence electrons. The molecule has 1 aromatic carbocycles. The van der Waals surface area contributed by atoms with Gasteiger partial charge in [-0.25, -0.2) is 0 Å². The quantitative estimate of drug-likeness (QED) is 0.758. The van der Waals surface area contributed by atoms with Crippen LogP contribution in [0.2, 0.25) is 0 Å². The van der Waals surface area contributed by atoms with Crippen molar-refractivity contribution >= 4 is 37.8 Å². The van der Waals surface area contributed by atoms with Crippen molar-refractivity contribution in [1.82, 2.24) is 10.6 Å². The summed E-state index contributed by atoms with van der Waals surface area (Å²) >= 11 is 6.65. The first kappa shape index (κ1) is 13.0. The second-order valence-corrected chi connectivity index (χ2v) is 6.00. The van der Waals surface area contributed by atoms with E-state index in [4.69, 9.17) is 0 Å². The Hall–Kier alpha value is -0.430. The maximum absolute atomic E-state index is 11.9. The summed E-state index contributed by atoms with van der Waals surface area (Å²) in [7, 11) is 0. The van der Waals surface area contributed by atoms with Gasteiger partial charge in [0.05, 0.1) is 0 Å². The molecule has 1 heterocycles. The van der Waals surface area contributed by atoms with Crippen LogP contribution in [0.1, 0.15) is 10.4 Å². The van der Waals surface area contributed by atoms with E-state index in [-0.39, 0.29) is 12.5 Å². The molecule has 0 radical (unpaired) electrons. The summed E-state index contributed by atoms with van der Waals surface area (Å²) < 4.78 is 1.67. The van der Waals surface area contributed by atoms with Crippen LogP contribution in [0, 0.1) is 0 Å². The van der Waals surface area contributed by atoms with Crippen molar-refractivity contribution in [2.45, 2.75) is 5.60 Å². The van der Waals surface area contributed by atoms with Crippen molar-refractivity contribution in [3.05, 3.63) is 32.7 Å². The lowest BCUT2D eigenvalue weighted by molar-refractivity contribution is -0.00759. The van der Waals surface area contributed by atoms with Gasteiger partial charge in [0.2, 0.25) is 0 Å². The molecule has 1 saturated heterocycles. The zero-order valence-corrected chi connectivity index (χ0v) is 12.1. The van der Waals surface area contributed by atoms with E-state index >= 15 is 0 Å². The molecule has 0 unspecified atom stereocenters. The molecule has 1 aliphatic rings. The van der Waals surface area contributed by atoms with Crippen LogP contribution >= 0.6 is 31.9 Å². The van der Waals surface area contributed by atoms with Crippen molar-refractivity contribution in [3.63, 3.8) is 0 Å². The van der Waals surface area contributed by atoms with Crippen LogP contribution in [-0.2, 0) is 0 Å². The number of carbonyl (C=O) groups is 1. The van der Waals surface area contributed by atoms with Gasteiger partial charge in [0, 0.05) is 34.1 Å². The molecular formula is C11H12Br2N2O2. The molecular weight excluding hydrogens is 352 g/mol. The van der Waals surface area contributed by atoms with Gasteiger partial charge < -0.3 is 15.7 Å². The third-order valence-electron chi connectivity index (χ3n) is 2.61. The van der Waals surface area contributed by atoms with E-state index in [0.717, 1.165) is 8.95 Å². The van der Waals surface area contributed by atoms with E-state index in [0.29, 0.717) is 18.7 Å². The minimum Gasteiger partial charge on any atom is -0.385 e. The summed E-state index contributed by atoms with van der Waals surface area (Å²) in [5.74, 6) is -0.188. The smallest absolute Gasteiger partial charge is 0.251 e. The van der Waals surface area contributed by atoms with Crippen LogP contribution in [0.3, 0.4) is 0 Å². The Morgan fingerprint density at radius 3 is 2.41 bits per heavy atom. The second kappa shape index (κ2) is 5.06. The van der Waals surface area contributed by atoms with Crippen LogP contribution in [0.5, 0.6) is 0 Å². The van der Waals surface area contributed by atoms with Crippen LogP contribution in [0.15, 0.2) is 27.1 Å².